The summed E-state index contributed by atoms with van der Waals surface area (Å²) in [5.41, 5.74) is 3.53. The number of nitrogens with one attached hydrogen (secondary N) is 1. The van der Waals surface area contributed by atoms with Gasteiger partial charge in [-0.15, -0.1) is 10.2 Å². The van der Waals surface area contributed by atoms with Gasteiger partial charge in [0, 0.05) is 11.6 Å². The fourth-order valence-electron chi connectivity index (χ4n) is 3.59. The van der Waals surface area contributed by atoms with Crippen LogP contribution >= 0.6 is 23.4 Å². The molecule has 178 valence electrons. The molecule has 0 saturated carbocycles. The first-order valence-corrected chi connectivity index (χ1v) is 12.7. The van der Waals surface area contributed by atoms with Crippen molar-refractivity contribution in [2.45, 2.75) is 52.5 Å². The van der Waals surface area contributed by atoms with E-state index in [0.717, 1.165) is 34.3 Å². The van der Waals surface area contributed by atoms with Gasteiger partial charge in [0.2, 0.25) is 11.9 Å². The first-order chi connectivity index (χ1) is 16.4. The summed E-state index contributed by atoms with van der Waals surface area (Å²) in [6.45, 7) is 9.57. The number of rotatable bonds is 7. The SMILES string of the molecule is CCCCN=C(Nc1nnc(C)n1Cc1ccc(Cl)cc1)N1N=C(C)SC1c1ccc(C)cc1. The highest BCUT2D eigenvalue weighted by Gasteiger charge is 2.31. The van der Waals surface area contributed by atoms with Crippen molar-refractivity contribution in [3.63, 3.8) is 0 Å². The summed E-state index contributed by atoms with van der Waals surface area (Å²) in [5, 5.41) is 20.7. The number of anilines is 1. The average molecular weight is 496 g/mol. The number of hydrazone groups is 1. The Bertz CT molecular complexity index is 1170. The number of hydrogen-bond acceptors (Lipinski definition) is 5. The summed E-state index contributed by atoms with van der Waals surface area (Å²) >= 11 is 7.79. The zero-order valence-corrected chi connectivity index (χ0v) is 21.6. The van der Waals surface area contributed by atoms with E-state index in [1.165, 1.54) is 11.1 Å². The molecule has 0 spiro atoms. The Labute approximate surface area is 210 Å². The van der Waals surface area contributed by atoms with Gasteiger partial charge in [-0.1, -0.05) is 78.7 Å². The van der Waals surface area contributed by atoms with Crippen molar-refractivity contribution in [3.05, 3.63) is 76.1 Å². The van der Waals surface area contributed by atoms with E-state index in [1.54, 1.807) is 11.8 Å². The maximum atomic E-state index is 6.06. The molecule has 0 aliphatic carbocycles. The number of halogens is 1. The van der Waals surface area contributed by atoms with Gasteiger partial charge in [0.25, 0.3) is 0 Å². The molecule has 1 N–H and O–H groups in total. The number of nitrogens with zero attached hydrogens (tertiary/aromatic N) is 6. The second-order valence-corrected chi connectivity index (χ2v) is 10.0. The quantitative estimate of drug-likeness (QED) is 0.238. The molecule has 7 nitrogen and oxygen atoms in total. The van der Waals surface area contributed by atoms with Crippen molar-refractivity contribution in [2.75, 3.05) is 11.9 Å². The molecular weight excluding hydrogens is 466 g/mol. The number of benzene rings is 2. The lowest BCUT2D eigenvalue weighted by Gasteiger charge is -2.25. The third-order valence-electron chi connectivity index (χ3n) is 5.52. The lowest BCUT2D eigenvalue weighted by Crippen LogP contribution is -2.34. The monoisotopic (exact) mass is 495 g/mol. The zero-order valence-electron chi connectivity index (χ0n) is 20.0. The molecule has 0 fully saturated rings. The molecular formula is C25H30ClN7S. The Hall–Kier alpha value is -2.84. The summed E-state index contributed by atoms with van der Waals surface area (Å²) in [7, 11) is 0. The van der Waals surface area contributed by atoms with Gasteiger partial charge in [-0.05, 0) is 50.5 Å². The molecule has 1 aromatic heterocycles. The maximum absolute atomic E-state index is 6.06. The molecule has 0 radical (unpaired) electrons. The number of aliphatic imine (C=N–C) groups is 1. The maximum Gasteiger partial charge on any atom is 0.231 e. The van der Waals surface area contributed by atoms with Crippen LogP contribution < -0.4 is 5.32 Å². The van der Waals surface area contributed by atoms with E-state index < -0.39 is 0 Å². The summed E-state index contributed by atoms with van der Waals surface area (Å²) in [5.74, 6) is 2.12. The van der Waals surface area contributed by atoms with Crippen molar-refractivity contribution in [3.8, 4) is 0 Å². The summed E-state index contributed by atoms with van der Waals surface area (Å²) in [6.07, 6.45) is 2.07. The number of aryl methyl sites for hydroxylation is 2. The minimum atomic E-state index is 0.00205. The van der Waals surface area contributed by atoms with Crippen LogP contribution in [0.25, 0.3) is 0 Å². The topological polar surface area (TPSA) is 70.7 Å². The van der Waals surface area contributed by atoms with E-state index in [2.05, 4.69) is 53.6 Å². The molecule has 4 rings (SSSR count). The molecule has 0 amide bonds. The van der Waals surface area contributed by atoms with Gasteiger partial charge >= 0.3 is 0 Å². The van der Waals surface area contributed by atoms with E-state index in [9.17, 15) is 0 Å². The predicted octanol–water partition coefficient (Wildman–Crippen LogP) is 6.25. The Morgan fingerprint density at radius 1 is 1.06 bits per heavy atom. The third-order valence-corrected chi connectivity index (χ3v) is 6.89. The molecule has 1 unspecified atom stereocenters. The minimum absolute atomic E-state index is 0.00205. The van der Waals surface area contributed by atoms with Crippen molar-refractivity contribution >= 4 is 40.3 Å². The average Bonchev–Trinajstić information content (AvgIpc) is 3.38. The van der Waals surface area contributed by atoms with Crippen LogP contribution in [0, 0.1) is 13.8 Å². The van der Waals surface area contributed by atoms with E-state index in [-0.39, 0.29) is 5.37 Å². The molecule has 0 bridgehead atoms. The van der Waals surface area contributed by atoms with Gasteiger partial charge in [-0.2, -0.15) is 5.10 Å². The molecule has 9 heteroatoms. The lowest BCUT2D eigenvalue weighted by atomic mass is 10.1. The summed E-state index contributed by atoms with van der Waals surface area (Å²) in [4.78, 5) is 4.90. The highest BCUT2D eigenvalue weighted by atomic mass is 35.5. The van der Waals surface area contributed by atoms with Gasteiger partial charge < -0.3 is 0 Å². The summed E-state index contributed by atoms with van der Waals surface area (Å²) in [6, 6.07) is 16.4. The zero-order chi connectivity index (χ0) is 24.1. The Balaban J connectivity index is 1.64. The van der Waals surface area contributed by atoms with Crippen LogP contribution in [0.4, 0.5) is 5.95 Å². The van der Waals surface area contributed by atoms with Crippen LogP contribution in [-0.4, -0.2) is 37.3 Å². The van der Waals surface area contributed by atoms with E-state index in [1.807, 2.05) is 47.7 Å². The lowest BCUT2D eigenvalue weighted by molar-refractivity contribution is 0.435. The van der Waals surface area contributed by atoms with E-state index in [0.29, 0.717) is 25.0 Å². The second-order valence-electron chi connectivity index (χ2n) is 8.31. The number of aromatic nitrogens is 3. The highest BCUT2D eigenvalue weighted by molar-refractivity contribution is 8.14. The molecule has 34 heavy (non-hydrogen) atoms. The molecule has 1 aliphatic rings. The Kier molecular flexibility index (Phi) is 7.90. The summed E-state index contributed by atoms with van der Waals surface area (Å²) < 4.78 is 2.04. The van der Waals surface area contributed by atoms with Crippen molar-refractivity contribution < 1.29 is 0 Å². The number of guanidine groups is 1. The molecule has 2 aromatic carbocycles. The molecule has 2 heterocycles. The standard InChI is InChI=1S/C25H30ClN7S/c1-5-6-15-27-24(33-23(34-19(4)31-33)21-11-7-17(2)8-12-21)28-25-30-29-18(3)32(25)16-20-9-13-22(26)14-10-20/h7-14,23H,5-6,15-16H2,1-4H3,(H,27,28,30). The van der Waals surface area contributed by atoms with Gasteiger partial charge in [-0.25, -0.2) is 5.01 Å². The van der Waals surface area contributed by atoms with Crippen LogP contribution in [0.15, 0.2) is 58.6 Å². The van der Waals surface area contributed by atoms with Crippen LogP contribution in [0.2, 0.25) is 5.02 Å². The smallest absolute Gasteiger partial charge is 0.231 e. The van der Waals surface area contributed by atoms with Gasteiger partial charge in [-0.3, -0.25) is 14.9 Å². The fraction of sp³-hybridized carbons (Fsp3) is 0.360. The molecule has 0 saturated heterocycles. The second kappa shape index (κ2) is 11.1. The van der Waals surface area contributed by atoms with E-state index >= 15 is 0 Å². The Morgan fingerprint density at radius 2 is 1.79 bits per heavy atom. The third kappa shape index (κ3) is 5.80. The number of thioether (sulfide) groups is 1. The first-order valence-electron chi connectivity index (χ1n) is 11.5. The van der Waals surface area contributed by atoms with Crippen LogP contribution in [-0.2, 0) is 6.54 Å². The number of unbranched alkanes of at least 4 members (excludes halogenated alkanes) is 1. The van der Waals surface area contributed by atoms with Crippen molar-refractivity contribution in [2.24, 2.45) is 10.1 Å². The fourth-order valence-corrected chi connectivity index (χ4v) is 4.71. The van der Waals surface area contributed by atoms with Crippen molar-refractivity contribution in [1.29, 1.82) is 0 Å². The van der Waals surface area contributed by atoms with Gasteiger partial charge in [0.15, 0.2) is 0 Å². The van der Waals surface area contributed by atoms with Crippen LogP contribution in [0.5, 0.6) is 0 Å². The normalized spacial score (nSPS) is 16.1. The molecule has 1 aliphatic heterocycles. The first kappa shape index (κ1) is 24.3. The van der Waals surface area contributed by atoms with Crippen LogP contribution in [0.3, 0.4) is 0 Å². The Morgan fingerprint density at radius 3 is 2.50 bits per heavy atom. The molecule has 3 aromatic rings. The van der Waals surface area contributed by atoms with E-state index in [4.69, 9.17) is 21.7 Å². The van der Waals surface area contributed by atoms with Gasteiger partial charge in [0.05, 0.1) is 11.6 Å². The van der Waals surface area contributed by atoms with Crippen molar-refractivity contribution in [1.82, 2.24) is 19.8 Å². The predicted molar refractivity (Wildman–Crippen MR) is 143 cm³/mol. The largest absolute Gasteiger partial charge is 0.293 e. The van der Waals surface area contributed by atoms with Crippen LogP contribution in [0.1, 0.15) is 54.6 Å². The highest BCUT2D eigenvalue weighted by Crippen LogP contribution is 2.39. The minimum Gasteiger partial charge on any atom is -0.293 e. The van der Waals surface area contributed by atoms with Gasteiger partial charge in [0.1, 0.15) is 11.2 Å². The molecule has 1 atom stereocenters. The number of hydrogen-bond donors (Lipinski definition) is 1.